The number of benzene rings is 1. The van der Waals surface area contributed by atoms with Gasteiger partial charge in [-0.1, -0.05) is 65.1 Å². The summed E-state index contributed by atoms with van der Waals surface area (Å²) in [7, 11) is 0. The fraction of sp³-hybridized carbons (Fsp3) is 0.600. The Hall–Kier alpha value is -0.790. The molecule has 0 heterocycles. The first-order chi connectivity index (χ1) is 8.91. The third kappa shape index (κ3) is 10.0. The van der Waals surface area contributed by atoms with Crippen LogP contribution < -0.4 is 0 Å². The Labute approximate surface area is 147 Å². The van der Waals surface area contributed by atoms with Gasteiger partial charge in [-0.3, -0.25) is 4.90 Å². The minimum absolute atomic E-state index is 0. The molecule has 0 radical (unpaired) electrons. The van der Waals surface area contributed by atoms with Gasteiger partial charge in [-0.25, -0.2) is 0 Å². The lowest BCUT2D eigenvalue weighted by molar-refractivity contribution is 0.166. The quantitative estimate of drug-likeness (QED) is 0.559. The minimum Gasteiger partial charge on any atom is -0.294 e. The van der Waals surface area contributed by atoms with Crippen molar-refractivity contribution < 1.29 is 0 Å². The monoisotopic (exact) mass is 329 g/mol. The van der Waals surface area contributed by atoms with E-state index in [2.05, 4.69) is 63.4 Å². The van der Waals surface area contributed by atoms with Crippen LogP contribution in [0.2, 0.25) is 0 Å². The molecule has 0 saturated carbocycles. The summed E-state index contributed by atoms with van der Waals surface area (Å²) in [5.41, 5.74) is 3.73. The summed E-state index contributed by atoms with van der Waals surface area (Å²) in [6.45, 7) is 20.0. The van der Waals surface area contributed by atoms with E-state index < -0.39 is 0 Å². The van der Waals surface area contributed by atoms with Crippen LogP contribution in [-0.4, -0.2) is 17.0 Å². The summed E-state index contributed by atoms with van der Waals surface area (Å²) in [6, 6.07) is 9.91. The summed E-state index contributed by atoms with van der Waals surface area (Å²) in [5, 5.41) is 0. The highest BCUT2D eigenvalue weighted by Gasteiger charge is 2.13. The van der Waals surface area contributed by atoms with Crippen LogP contribution in [0.3, 0.4) is 0 Å². The second kappa shape index (κ2) is 15.1. The number of hydrogen-bond donors (Lipinski definition) is 0. The second-order valence-electron chi connectivity index (χ2n) is 5.34. The summed E-state index contributed by atoms with van der Waals surface area (Å²) in [4.78, 5) is 2.50. The maximum atomic E-state index is 3.96. The first-order valence-corrected chi connectivity index (χ1v) is 7.42. The second-order valence-corrected chi connectivity index (χ2v) is 5.34. The van der Waals surface area contributed by atoms with Gasteiger partial charge in [0.2, 0.25) is 0 Å². The van der Waals surface area contributed by atoms with Gasteiger partial charge in [0.1, 0.15) is 0 Å². The Morgan fingerprint density at radius 3 is 1.59 bits per heavy atom. The number of allylic oxidation sites excluding steroid dienone is 1. The van der Waals surface area contributed by atoms with E-state index in [4.69, 9.17) is 0 Å². The van der Waals surface area contributed by atoms with Crippen molar-refractivity contribution in [3.63, 3.8) is 0 Å². The number of rotatable bonds is 5. The van der Waals surface area contributed by atoms with Crippen LogP contribution in [0.25, 0.3) is 5.57 Å². The Morgan fingerprint density at radius 1 is 0.955 bits per heavy atom. The first kappa shape index (κ1) is 29.2. The zero-order valence-electron chi connectivity index (χ0n) is 14.2. The molecule has 0 atom stereocenters. The molecular formula is C20H40ClN. The van der Waals surface area contributed by atoms with E-state index >= 15 is 0 Å². The van der Waals surface area contributed by atoms with Crippen LogP contribution in [0, 0.1) is 0 Å². The van der Waals surface area contributed by atoms with Crippen molar-refractivity contribution in [3.05, 3.63) is 42.0 Å². The average molecular weight is 330 g/mol. The Morgan fingerprint density at radius 2 is 1.32 bits per heavy atom. The van der Waals surface area contributed by atoms with Gasteiger partial charge in [0, 0.05) is 18.6 Å². The average Bonchev–Trinajstić information content (AvgIpc) is 2.38. The van der Waals surface area contributed by atoms with Crippen LogP contribution in [0.15, 0.2) is 30.8 Å². The molecule has 1 nitrogen and oxygen atoms in total. The van der Waals surface area contributed by atoms with Crippen LogP contribution >= 0.6 is 12.4 Å². The molecule has 0 aliphatic rings. The van der Waals surface area contributed by atoms with Crippen molar-refractivity contribution >= 4 is 18.0 Å². The predicted octanol–water partition coefficient (Wildman–Crippen LogP) is 7.06. The van der Waals surface area contributed by atoms with Crippen LogP contribution in [-0.2, 0) is 6.54 Å². The van der Waals surface area contributed by atoms with E-state index in [1.807, 2.05) is 20.8 Å². The summed E-state index contributed by atoms with van der Waals surface area (Å²) in [5.74, 6) is 0. The van der Waals surface area contributed by atoms with Gasteiger partial charge in [0.25, 0.3) is 0 Å². The van der Waals surface area contributed by atoms with Gasteiger partial charge >= 0.3 is 0 Å². The highest BCUT2D eigenvalue weighted by atomic mass is 35.5. The molecular weight excluding hydrogens is 290 g/mol. The third-order valence-corrected chi connectivity index (χ3v) is 3.14. The molecule has 0 bridgehead atoms. The highest BCUT2D eigenvalue weighted by Crippen LogP contribution is 2.16. The topological polar surface area (TPSA) is 3.24 Å². The molecule has 0 amide bonds. The molecule has 0 aliphatic carbocycles. The summed E-state index contributed by atoms with van der Waals surface area (Å²) in [6.07, 6.45) is 0. The zero-order valence-corrected chi connectivity index (χ0v) is 15.1. The van der Waals surface area contributed by atoms with E-state index in [0.717, 1.165) is 12.1 Å². The van der Waals surface area contributed by atoms with Gasteiger partial charge in [-0.2, -0.15) is 0 Å². The lowest BCUT2D eigenvalue weighted by atomic mass is 10.1. The van der Waals surface area contributed by atoms with E-state index in [9.17, 15) is 0 Å². The van der Waals surface area contributed by atoms with E-state index in [1.54, 1.807) is 0 Å². The zero-order chi connectivity index (χ0) is 15.0. The Bertz CT molecular complexity index is 358. The van der Waals surface area contributed by atoms with Gasteiger partial charge in [0.15, 0.2) is 0 Å². The molecule has 0 aromatic heterocycles. The number of nitrogens with zero attached hydrogens (tertiary/aromatic N) is 1. The van der Waals surface area contributed by atoms with Crippen molar-refractivity contribution in [2.24, 2.45) is 0 Å². The third-order valence-electron chi connectivity index (χ3n) is 3.14. The molecule has 2 heteroatoms. The fourth-order valence-corrected chi connectivity index (χ4v) is 2.07. The molecule has 0 saturated heterocycles. The summed E-state index contributed by atoms with van der Waals surface area (Å²) >= 11 is 0. The van der Waals surface area contributed by atoms with Crippen LogP contribution in [0.5, 0.6) is 0 Å². The van der Waals surface area contributed by atoms with Crippen LogP contribution in [0.1, 0.15) is 74.4 Å². The first-order valence-electron chi connectivity index (χ1n) is 7.42. The minimum atomic E-state index is 0. The van der Waals surface area contributed by atoms with Gasteiger partial charge in [-0.05, 0) is 45.7 Å². The van der Waals surface area contributed by atoms with E-state index in [-0.39, 0.29) is 27.3 Å². The lowest BCUT2D eigenvalue weighted by Crippen LogP contribution is -2.36. The van der Waals surface area contributed by atoms with Crippen molar-refractivity contribution in [1.82, 2.24) is 4.90 Å². The molecule has 1 rings (SSSR count). The molecule has 0 unspecified atom stereocenters. The van der Waals surface area contributed by atoms with Gasteiger partial charge in [0.05, 0.1) is 0 Å². The fourth-order valence-electron chi connectivity index (χ4n) is 2.07. The molecule has 1 aromatic rings. The van der Waals surface area contributed by atoms with Crippen molar-refractivity contribution in [2.75, 3.05) is 0 Å². The smallest absolute Gasteiger partial charge is 0.0239 e. The molecule has 132 valence electrons. The van der Waals surface area contributed by atoms with E-state index in [0.29, 0.717) is 12.1 Å². The number of halogens is 1. The number of hydrogen-bond acceptors (Lipinski definition) is 1. The van der Waals surface area contributed by atoms with Gasteiger partial charge in [-0.15, -0.1) is 12.4 Å². The van der Waals surface area contributed by atoms with Crippen molar-refractivity contribution in [3.8, 4) is 0 Å². The Balaban J connectivity index is -0.000000310. The van der Waals surface area contributed by atoms with E-state index in [1.165, 1.54) is 11.1 Å². The molecule has 0 spiro atoms. The molecule has 0 N–H and O–H groups in total. The molecule has 22 heavy (non-hydrogen) atoms. The Kier molecular flexibility index (Phi) is 20.1. The molecule has 0 fully saturated rings. The molecule has 1 aromatic carbocycles. The highest BCUT2D eigenvalue weighted by molar-refractivity contribution is 5.85. The standard InChI is InChI=1S/C16H25N.C2H6.2CH4.ClH/c1-12(2)16-9-7-15(8-10-16)11-17(13(3)4)14(5)6;1-2;;;/h7-10,13-14H,1,11H2,2-6H3;1-2H3;2*1H4;1H. The maximum absolute atomic E-state index is 3.96. The van der Waals surface area contributed by atoms with Crippen LogP contribution in [0.4, 0.5) is 0 Å². The van der Waals surface area contributed by atoms with Gasteiger partial charge < -0.3 is 0 Å². The normalized spacial score (nSPS) is 9.18. The van der Waals surface area contributed by atoms with Crippen molar-refractivity contribution in [2.45, 2.75) is 81.9 Å². The maximum Gasteiger partial charge on any atom is 0.0239 e. The summed E-state index contributed by atoms with van der Waals surface area (Å²) < 4.78 is 0. The largest absolute Gasteiger partial charge is 0.294 e. The lowest BCUT2D eigenvalue weighted by Gasteiger charge is -2.30. The SMILES string of the molecule is C.C.C=C(C)c1ccc(CN(C(C)C)C(C)C)cc1.CC.Cl. The van der Waals surface area contributed by atoms with Crippen molar-refractivity contribution in [1.29, 1.82) is 0 Å². The predicted molar refractivity (Wildman–Crippen MR) is 109 cm³/mol. The molecule has 0 aliphatic heterocycles.